The van der Waals surface area contributed by atoms with E-state index >= 15 is 0 Å². The third-order valence-corrected chi connectivity index (χ3v) is 4.27. The second kappa shape index (κ2) is 7.34. The van der Waals surface area contributed by atoms with Crippen molar-refractivity contribution in [1.82, 2.24) is 4.90 Å². The van der Waals surface area contributed by atoms with Gasteiger partial charge >= 0.3 is 6.18 Å². The van der Waals surface area contributed by atoms with Crippen molar-refractivity contribution < 1.29 is 27.5 Å². The lowest BCUT2D eigenvalue weighted by Gasteiger charge is -2.34. The molecule has 1 heterocycles. The fourth-order valence-corrected chi connectivity index (χ4v) is 2.78. The molecule has 1 saturated heterocycles. The largest absolute Gasteiger partial charge is 0.414 e. The van der Waals surface area contributed by atoms with Gasteiger partial charge in [0.05, 0.1) is 0 Å². The molecule has 1 atom stereocenters. The van der Waals surface area contributed by atoms with Crippen LogP contribution >= 0.6 is 0 Å². The summed E-state index contributed by atoms with van der Waals surface area (Å²) in [6.45, 7) is 2.05. The number of amides is 1. The van der Waals surface area contributed by atoms with Crippen LogP contribution in [-0.2, 0) is 4.79 Å². The first kappa shape index (κ1) is 18.4. The van der Waals surface area contributed by atoms with Gasteiger partial charge in [-0.05, 0) is 49.0 Å². The van der Waals surface area contributed by atoms with Gasteiger partial charge in [0.25, 0.3) is 0 Å². The Morgan fingerprint density at radius 1 is 1.25 bits per heavy atom. The topological polar surface area (TPSA) is 40.5 Å². The number of piperidine rings is 1. The van der Waals surface area contributed by atoms with Crippen LogP contribution in [0.3, 0.4) is 0 Å². The molecule has 132 valence electrons. The van der Waals surface area contributed by atoms with Crippen LogP contribution in [0.25, 0.3) is 5.57 Å². The average Bonchev–Trinajstić information content (AvgIpc) is 2.54. The van der Waals surface area contributed by atoms with E-state index in [1.165, 1.54) is 23.1 Å². The summed E-state index contributed by atoms with van der Waals surface area (Å²) in [4.78, 5) is 13.7. The van der Waals surface area contributed by atoms with E-state index < -0.39 is 18.2 Å². The van der Waals surface area contributed by atoms with Crippen LogP contribution in [-0.4, -0.2) is 41.3 Å². The first-order valence-corrected chi connectivity index (χ1v) is 7.66. The van der Waals surface area contributed by atoms with Gasteiger partial charge in [0.1, 0.15) is 5.82 Å². The standard InChI is InChI=1S/C17H19F4NO2/c1-11(12-2-4-14(18)5-3-12)10-15(23)22-8-6-13(7-9-22)16(24)17(19,20)21/h2-5,10,13,16,24H,6-9H2,1H3/b11-10-. The molecule has 3 nitrogen and oxygen atoms in total. The number of allylic oxidation sites excluding steroid dienone is 1. The molecule has 1 fully saturated rings. The lowest BCUT2D eigenvalue weighted by Crippen LogP contribution is -2.44. The molecule has 1 aromatic carbocycles. The van der Waals surface area contributed by atoms with Gasteiger partial charge in [0.15, 0.2) is 6.10 Å². The van der Waals surface area contributed by atoms with E-state index in [-0.39, 0.29) is 37.7 Å². The SMILES string of the molecule is C/C(=C/C(=O)N1CCC(C(O)C(F)(F)F)CC1)c1ccc(F)cc1. The lowest BCUT2D eigenvalue weighted by molar-refractivity contribution is -0.222. The number of aliphatic hydroxyl groups is 1. The normalized spacial score (nSPS) is 18.6. The van der Waals surface area contributed by atoms with Gasteiger partial charge in [0.2, 0.25) is 5.91 Å². The van der Waals surface area contributed by atoms with E-state index in [0.717, 1.165) is 0 Å². The Morgan fingerprint density at radius 2 is 1.79 bits per heavy atom. The predicted octanol–water partition coefficient (Wildman–Crippen LogP) is 3.39. The zero-order chi connectivity index (χ0) is 17.9. The Kier molecular flexibility index (Phi) is 5.64. The molecule has 0 saturated carbocycles. The summed E-state index contributed by atoms with van der Waals surface area (Å²) < 4.78 is 50.4. The Bertz CT molecular complexity index is 602. The van der Waals surface area contributed by atoms with Gasteiger partial charge in [-0.25, -0.2) is 4.39 Å². The van der Waals surface area contributed by atoms with Gasteiger partial charge < -0.3 is 10.0 Å². The van der Waals surface area contributed by atoms with E-state index in [9.17, 15) is 27.5 Å². The van der Waals surface area contributed by atoms with Crippen LogP contribution < -0.4 is 0 Å². The van der Waals surface area contributed by atoms with Crippen molar-refractivity contribution in [1.29, 1.82) is 0 Å². The van der Waals surface area contributed by atoms with Crippen molar-refractivity contribution in [2.45, 2.75) is 32.0 Å². The van der Waals surface area contributed by atoms with Gasteiger partial charge in [-0.1, -0.05) is 12.1 Å². The first-order chi connectivity index (χ1) is 11.2. The quantitative estimate of drug-likeness (QED) is 0.674. The summed E-state index contributed by atoms with van der Waals surface area (Å²) in [7, 11) is 0. The molecule has 1 aromatic rings. The monoisotopic (exact) mass is 345 g/mol. The number of benzene rings is 1. The molecule has 0 aliphatic carbocycles. The van der Waals surface area contributed by atoms with Gasteiger partial charge in [-0.2, -0.15) is 13.2 Å². The smallest absolute Gasteiger partial charge is 0.383 e. The number of likely N-dealkylation sites (tertiary alicyclic amines) is 1. The molecule has 2 rings (SSSR count). The van der Waals surface area contributed by atoms with Crippen molar-refractivity contribution in [2.24, 2.45) is 5.92 Å². The average molecular weight is 345 g/mol. The summed E-state index contributed by atoms with van der Waals surface area (Å²) in [5.41, 5.74) is 1.35. The van der Waals surface area contributed by atoms with Gasteiger partial charge in [0, 0.05) is 19.2 Å². The Labute approximate surface area is 137 Å². The molecule has 1 N–H and O–H groups in total. The van der Waals surface area contributed by atoms with Crippen LogP contribution in [0.4, 0.5) is 17.6 Å². The zero-order valence-corrected chi connectivity index (χ0v) is 13.2. The van der Waals surface area contributed by atoms with Crippen LogP contribution in [0.1, 0.15) is 25.3 Å². The fourth-order valence-electron chi connectivity index (χ4n) is 2.78. The maximum Gasteiger partial charge on any atom is 0.414 e. The number of rotatable bonds is 3. The molecule has 0 radical (unpaired) electrons. The van der Waals surface area contributed by atoms with E-state index in [1.54, 1.807) is 19.1 Å². The fraction of sp³-hybridized carbons (Fsp3) is 0.471. The molecular weight excluding hydrogens is 326 g/mol. The van der Waals surface area contributed by atoms with Crippen molar-refractivity contribution in [3.05, 3.63) is 41.7 Å². The maximum absolute atomic E-state index is 12.9. The maximum atomic E-state index is 12.9. The number of nitrogens with zero attached hydrogens (tertiary/aromatic N) is 1. The van der Waals surface area contributed by atoms with Crippen LogP contribution in [0, 0.1) is 11.7 Å². The highest BCUT2D eigenvalue weighted by molar-refractivity contribution is 5.94. The Hall–Kier alpha value is -1.89. The second-order valence-corrected chi connectivity index (χ2v) is 5.98. The second-order valence-electron chi connectivity index (χ2n) is 5.98. The van der Waals surface area contributed by atoms with Crippen LogP contribution in [0.5, 0.6) is 0 Å². The highest BCUT2D eigenvalue weighted by atomic mass is 19.4. The first-order valence-electron chi connectivity index (χ1n) is 7.66. The molecule has 7 heteroatoms. The number of aliphatic hydroxyl groups excluding tert-OH is 1. The summed E-state index contributed by atoms with van der Waals surface area (Å²) >= 11 is 0. The van der Waals surface area contributed by atoms with Crippen LogP contribution in [0.2, 0.25) is 0 Å². The number of carbonyl (C=O) groups is 1. The minimum absolute atomic E-state index is 0.107. The van der Waals surface area contributed by atoms with Gasteiger partial charge in [-0.15, -0.1) is 0 Å². The molecule has 1 amide bonds. The minimum Gasteiger partial charge on any atom is -0.383 e. The summed E-state index contributed by atoms with van der Waals surface area (Å²) in [6, 6.07) is 5.70. The third-order valence-electron chi connectivity index (χ3n) is 4.27. The third kappa shape index (κ3) is 4.56. The minimum atomic E-state index is -4.63. The Balaban J connectivity index is 1.95. The van der Waals surface area contributed by atoms with E-state index in [2.05, 4.69) is 0 Å². The number of hydrogen-bond acceptors (Lipinski definition) is 2. The molecule has 0 bridgehead atoms. The van der Waals surface area contributed by atoms with Crippen LogP contribution in [0.15, 0.2) is 30.3 Å². The summed E-state index contributed by atoms with van der Waals surface area (Å²) in [5.74, 6) is -1.55. The number of hydrogen-bond donors (Lipinski definition) is 1. The molecule has 0 aromatic heterocycles. The summed E-state index contributed by atoms with van der Waals surface area (Å²) in [5, 5.41) is 9.28. The van der Waals surface area contributed by atoms with E-state index in [1.807, 2.05) is 0 Å². The molecule has 0 spiro atoms. The number of carbonyl (C=O) groups excluding carboxylic acids is 1. The number of halogens is 4. The highest BCUT2D eigenvalue weighted by Crippen LogP contribution is 2.31. The Morgan fingerprint density at radius 3 is 2.29 bits per heavy atom. The van der Waals surface area contributed by atoms with E-state index in [0.29, 0.717) is 11.1 Å². The lowest BCUT2D eigenvalue weighted by atomic mass is 9.91. The van der Waals surface area contributed by atoms with Gasteiger partial charge in [-0.3, -0.25) is 4.79 Å². The molecular formula is C17H19F4NO2. The molecule has 1 aliphatic rings. The highest BCUT2D eigenvalue weighted by Gasteiger charge is 2.44. The van der Waals surface area contributed by atoms with Crippen molar-refractivity contribution in [3.63, 3.8) is 0 Å². The van der Waals surface area contributed by atoms with Crippen molar-refractivity contribution >= 4 is 11.5 Å². The molecule has 1 unspecified atom stereocenters. The van der Waals surface area contributed by atoms with Crippen molar-refractivity contribution in [2.75, 3.05) is 13.1 Å². The zero-order valence-electron chi connectivity index (χ0n) is 13.2. The summed E-state index contributed by atoms with van der Waals surface area (Å²) in [6.07, 6.45) is -5.36. The molecule has 1 aliphatic heterocycles. The van der Waals surface area contributed by atoms with Crippen molar-refractivity contribution in [3.8, 4) is 0 Å². The molecule has 24 heavy (non-hydrogen) atoms. The van der Waals surface area contributed by atoms with E-state index in [4.69, 9.17) is 0 Å². The number of alkyl halides is 3. The predicted molar refractivity (Wildman–Crippen MR) is 81.4 cm³/mol.